The van der Waals surface area contributed by atoms with Crippen molar-refractivity contribution in [2.24, 2.45) is 5.92 Å². The van der Waals surface area contributed by atoms with Crippen molar-refractivity contribution >= 4 is 15.9 Å². The van der Waals surface area contributed by atoms with Gasteiger partial charge >= 0.3 is 4.61 Å². The van der Waals surface area contributed by atoms with Crippen molar-refractivity contribution in [3.05, 3.63) is 20.5 Å². The van der Waals surface area contributed by atoms with Crippen molar-refractivity contribution < 1.29 is 9.66 Å². The molecule has 2 atom stereocenters. The second-order valence-electron chi connectivity index (χ2n) is 4.87. The van der Waals surface area contributed by atoms with Crippen LogP contribution in [0, 0.1) is 16.0 Å². The van der Waals surface area contributed by atoms with Gasteiger partial charge in [0.1, 0.15) is 0 Å². The van der Waals surface area contributed by atoms with Gasteiger partial charge < -0.3 is 15.0 Å². The molecule has 102 valence electrons. The maximum atomic E-state index is 10.8. The highest BCUT2D eigenvalue weighted by Crippen LogP contribution is 2.24. The van der Waals surface area contributed by atoms with Crippen LogP contribution in [0.3, 0.4) is 0 Å². The van der Waals surface area contributed by atoms with Crippen LogP contribution in [0.5, 0.6) is 0 Å². The summed E-state index contributed by atoms with van der Waals surface area (Å²) in [6.07, 6.45) is 2.34. The summed E-state index contributed by atoms with van der Waals surface area (Å²) in [5.74, 6) is 1.06. The second kappa shape index (κ2) is 5.88. The summed E-state index contributed by atoms with van der Waals surface area (Å²) in [7, 11) is 0. The number of rotatable bonds is 3. The van der Waals surface area contributed by atoms with E-state index in [-0.39, 0.29) is 4.61 Å². The first kappa shape index (κ1) is 13.6. The largest absolute Gasteiger partial charge is 0.378 e. The molecule has 0 amide bonds. The summed E-state index contributed by atoms with van der Waals surface area (Å²) >= 11 is 3.05. The fraction of sp³-hybridized carbons (Fsp3) is 0.818. The van der Waals surface area contributed by atoms with Gasteiger partial charge in [-0.2, -0.15) is 0 Å². The number of nitrogens with zero attached hydrogens (tertiary/aromatic N) is 2. The number of halogens is 1. The molecule has 2 heterocycles. The Kier molecular flexibility index (Phi) is 4.45. The van der Waals surface area contributed by atoms with E-state index >= 15 is 0 Å². The number of hydrogen-bond donors (Lipinski definition) is 1. The molecule has 0 bridgehead atoms. The van der Waals surface area contributed by atoms with Crippen LogP contribution in [0.2, 0.25) is 0 Å². The molecule has 6 nitrogen and oxygen atoms in total. The predicted octanol–water partition coefficient (Wildman–Crippen LogP) is 1.50. The van der Waals surface area contributed by atoms with E-state index in [0.717, 1.165) is 39.1 Å². The predicted molar refractivity (Wildman–Crippen MR) is 70.7 cm³/mol. The van der Waals surface area contributed by atoms with Gasteiger partial charge in [0.2, 0.25) is 0 Å². The Morgan fingerprint density at radius 1 is 1.72 bits per heavy atom. The lowest BCUT2D eigenvalue weighted by atomic mass is 10.1. The molecule has 0 radical (unpaired) electrons. The van der Waals surface area contributed by atoms with Crippen LogP contribution in [-0.4, -0.2) is 42.2 Å². The standard InChI is InChI=1S/C11H18BrN3O3/c1-8-5-9(7-18-8)6-14-4-2-3-13-11(14)10(12)15(16)17/h8-9,13H,2-7H2,1H3. The van der Waals surface area contributed by atoms with Crippen molar-refractivity contribution in [2.45, 2.75) is 25.9 Å². The van der Waals surface area contributed by atoms with Gasteiger partial charge in [-0.1, -0.05) is 0 Å². The third kappa shape index (κ3) is 3.14. The first-order valence-electron chi connectivity index (χ1n) is 6.22. The van der Waals surface area contributed by atoms with E-state index in [1.807, 2.05) is 0 Å². The summed E-state index contributed by atoms with van der Waals surface area (Å²) in [6, 6.07) is 0. The van der Waals surface area contributed by atoms with E-state index in [0.29, 0.717) is 17.8 Å². The Hall–Kier alpha value is -0.820. The molecule has 0 aromatic rings. The van der Waals surface area contributed by atoms with Crippen molar-refractivity contribution in [2.75, 3.05) is 26.2 Å². The molecule has 0 aromatic carbocycles. The summed E-state index contributed by atoms with van der Waals surface area (Å²) in [6.45, 7) is 5.28. The summed E-state index contributed by atoms with van der Waals surface area (Å²) in [5, 5.41) is 14.0. The fourth-order valence-electron chi connectivity index (χ4n) is 2.52. The molecule has 0 aliphatic carbocycles. The quantitative estimate of drug-likeness (QED) is 0.485. The Balaban J connectivity index is 2.04. The normalized spacial score (nSPS) is 31.1. The van der Waals surface area contributed by atoms with Gasteiger partial charge in [0.05, 0.1) is 17.6 Å². The molecule has 2 fully saturated rings. The number of ether oxygens (including phenoxy) is 1. The molecule has 0 aromatic heterocycles. The van der Waals surface area contributed by atoms with Crippen molar-refractivity contribution in [1.29, 1.82) is 0 Å². The zero-order valence-corrected chi connectivity index (χ0v) is 12.0. The van der Waals surface area contributed by atoms with E-state index < -0.39 is 4.92 Å². The molecule has 1 N–H and O–H groups in total. The highest BCUT2D eigenvalue weighted by Gasteiger charge is 2.29. The molecular weight excluding hydrogens is 302 g/mol. The van der Waals surface area contributed by atoms with Crippen LogP contribution in [-0.2, 0) is 4.74 Å². The lowest BCUT2D eigenvalue weighted by Crippen LogP contribution is -2.43. The van der Waals surface area contributed by atoms with Gasteiger partial charge in [-0.25, -0.2) is 0 Å². The minimum atomic E-state index is -0.394. The van der Waals surface area contributed by atoms with Gasteiger partial charge in [0.15, 0.2) is 5.82 Å². The third-order valence-electron chi connectivity index (χ3n) is 3.33. The van der Waals surface area contributed by atoms with E-state index in [2.05, 4.69) is 33.1 Å². The molecule has 7 heteroatoms. The molecular formula is C11H18BrN3O3. The molecule has 0 spiro atoms. The average Bonchev–Trinajstić information content (AvgIpc) is 2.74. The maximum absolute atomic E-state index is 10.8. The minimum absolute atomic E-state index is 0.0224. The Labute approximate surface area is 115 Å². The SMILES string of the molecule is CC1CC(CN2CCCNC2=C(Br)[N+](=O)[O-])CO1. The van der Waals surface area contributed by atoms with Crippen molar-refractivity contribution in [1.82, 2.24) is 10.2 Å². The lowest BCUT2D eigenvalue weighted by Gasteiger charge is -2.33. The maximum Gasteiger partial charge on any atom is 0.350 e. The van der Waals surface area contributed by atoms with Crippen LogP contribution in [0.25, 0.3) is 0 Å². The first-order chi connectivity index (χ1) is 8.58. The number of hydrogen-bond acceptors (Lipinski definition) is 5. The summed E-state index contributed by atoms with van der Waals surface area (Å²) in [4.78, 5) is 12.5. The van der Waals surface area contributed by atoms with Gasteiger partial charge in [0.25, 0.3) is 0 Å². The Morgan fingerprint density at radius 2 is 2.50 bits per heavy atom. The third-order valence-corrected chi connectivity index (χ3v) is 3.99. The number of nitro groups is 1. The van der Waals surface area contributed by atoms with Crippen molar-refractivity contribution in [3.63, 3.8) is 0 Å². The molecule has 2 aliphatic heterocycles. The molecule has 2 unspecified atom stereocenters. The van der Waals surface area contributed by atoms with Crippen molar-refractivity contribution in [3.8, 4) is 0 Å². The zero-order chi connectivity index (χ0) is 13.1. The van der Waals surface area contributed by atoms with Gasteiger partial charge in [0, 0.05) is 41.5 Å². The fourth-order valence-corrected chi connectivity index (χ4v) is 2.91. The molecule has 2 aliphatic rings. The summed E-state index contributed by atoms with van der Waals surface area (Å²) < 4.78 is 5.56. The number of nitrogens with one attached hydrogen (secondary N) is 1. The monoisotopic (exact) mass is 319 g/mol. The van der Waals surface area contributed by atoms with Crippen LogP contribution < -0.4 is 5.32 Å². The van der Waals surface area contributed by atoms with Crippen LogP contribution in [0.4, 0.5) is 0 Å². The smallest absolute Gasteiger partial charge is 0.350 e. The lowest BCUT2D eigenvalue weighted by molar-refractivity contribution is -0.411. The first-order valence-corrected chi connectivity index (χ1v) is 7.02. The minimum Gasteiger partial charge on any atom is -0.378 e. The van der Waals surface area contributed by atoms with Crippen LogP contribution in [0.15, 0.2) is 10.4 Å². The highest BCUT2D eigenvalue weighted by atomic mass is 79.9. The van der Waals surface area contributed by atoms with E-state index in [9.17, 15) is 10.1 Å². The Morgan fingerprint density at radius 3 is 3.11 bits per heavy atom. The molecule has 0 saturated carbocycles. The van der Waals surface area contributed by atoms with Gasteiger partial charge in [-0.05, 0) is 19.8 Å². The van der Waals surface area contributed by atoms with E-state index in [1.165, 1.54) is 0 Å². The molecule has 18 heavy (non-hydrogen) atoms. The van der Waals surface area contributed by atoms with E-state index in [1.54, 1.807) is 0 Å². The van der Waals surface area contributed by atoms with Crippen LogP contribution in [0.1, 0.15) is 19.8 Å². The second-order valence-corrected chi connectivity index (χ2v) is 5.62. The summed E-state index contributed by atoms with van der Waals surface area (Å²) in [5.41, 5.74) is 0. The average molecular weight is 320 g/mol. The van der Waals surface area contributed by atoms with Gasteiger partial charge in [-0.15, -0.1) is 0 Å². The molecule has 2 saturated heterocycles. The Bertz CT molecular complexity index is 361. The van der Waals surface area contributed by atoms with Crippen LogP contribution >= 0.6 is 15.9 Å². The zero-order valence-electron chi connectivity index (χ0n) is 10.4. The topological polar surface area (TPSA) is 67.6 Å². The molecule has 2 rings (SSSR count). The van der Waals surface area contributed by atoms with Gasteiger partial charge in [-0.3, -0.25) is 10.1 Å². The highest BCUT2D eigenvalue weighted by molar-refractivity contribution is 9.11. The van der Waals surface area contributed by atoms with E-state index in [4.69, 9.17) is 4.74 Å².